The first kappa shape index (κ1) is 16.5. The SMILES string of the molecule is COc1ccc(C(C#N)(CCC(=O)O)CCC(=O)O)cc1. The van der Waals surface area contributed by atoms with E-state index in [9.17, 15) is 14.9 Å². The number of carboxylic acids is 2. The van der Waals surface area contributed by atoms with E-state index in [1.54, 1.807) is 24.3 Å². The summed E-state index contributed by atoms with van der Waals surface area (Å²) in [5.41, 5.74) is -0.517. The molecule has 1 aromatic carbocycles. The number of hydrogen-bond acceptors (Lipinski definition) is 4. The van der Waals surface area contributed by atoms with Gasteiger partial charge in [0.15, 0.2) is 0 Å². The number of nitriles is 1. The number of ether oxygens (including phenoxy) is 1. The lowest BCUT2D eigenvalue weighted by atomic mass is 9.74. The number of benzene rings is 1. The van der Waals surface area contributed by atoms with Crippen molar-refractivity contribution in [2.45, 2.75) is 31.1 Å². The van der Waals surface area contributed by atoms with Gasteiger partial charge in [-0.05, 0) is 30.5 Å². The molecule has 112 valence electrons. The normalized spacial score (nSPS) is 10.7. The summed E-state index contributed by atoms with van der Waals surface area (Å²) in [6.45, 7) is 0. The fraction of sp³-hybridized carbons (Fsp3) is 0.400. The van der Waals surface area contributed by atoms with Gasteiger partial charge in [0.05, 0.1) is 18.6 Å². The van der Waals surface area contributed by atoms with Crippen LogP contribution < -0.4 is 4.74 Å². The van der Waals surface area contributed by atoms with Crippen LogP contribution in [-0.2, 0) is 15.0 Å². The minimum atomic E-state index is -1.12. The minimum Gasteiger partial charge on any atom is -0.497 e. The summed E-state index contributed by atoms with van der Waals surface area (Å²) in [6, 6.07) is 8.80. The minimum absolute atomic E-state index is 0.0679. The molecule has 0 saturated heterocycles. The van der Waals surface area contributed by atoms with Gasteiger partial charge in [-0.2, -0.15) is 5.26 Å². The van der Waals surface area contributed by atoms with Gasteiger partial charge in [0, 0.05) is 12.8 Å². The van der Waals surface area contributed by atoms with Gasteiger partial charge >= 0.3 is 11.9 Å². The first-order valence-corrected chi connectivity index (χ1v) is 6.43. The molecule has 6 nitrogen and oxygen atoms in total. The molecule has 0 fully saturated rings. The number of nitrogens with zero attached hydrogens (tertiary/aromatic N) is 1. The molecule has 0 amide bonds. The van der Waals surface area contributed by atoms with Crippen molar-refractivity contribution in [3.8, 4) is 11.8 Å². The first-order valence-electron chi connectivity index (χ1n) is 6.43. The Kier molecular flexibility index (Phi) is 5.73. The molecule has 0 spiro atoms. The molecule has 0 saturated carbocycles. The zero-order chi connectivity index (χ0) is 15.9. The summed E-state index contributed by atoms with van der Waals surface area (Å²) in [4.78, 5) is 21.6. The van der Waals surface area contributed by atoms with Gasteiger partial charge in [-0.25, -0.2) is 0 Å². The van der Waals surface area contributed by atoms with E-state index in [-0.39, 0.29) is 25.7 Å². The van der Waals surface area contributed by atoms with Crippen molar-refractivity contribution in [1.82, 2.24) is 0 Å². The third kappa shape index (κ3) is 4.49. The second-order valence-corrected chi connectivity index (χ2v) is 4.71. The Labute approximate surface area is 122 Å². The molecule has 0 atom stereocenters. The molecule has 0 aromatic heterocycles. The monoisotopic (exact) mass is 291 g/mol. The standard InChI is InChI=1S/C15H17NO5/c1-21-12-4-2-11(3-5-12)15(10-16,8-6-13(17)18)9-7-14(19)20/h2-5H,6-9H2,1H3,(H,17,18)(H,19,20). The van der Waals surface area contributed by atoms with Gasteiger partial charge in [-0.15, -0.1) is 0 Å². The fourth-order valence-corrected chi connectivity index (χ4v) is 2.14. The highest BCUT2D eigenvalue weighted by molar-refractivity contribution is 5.68. The lowest BCUT2D eigenvalue weighted by molar-refractivity contribution is -0.137. The van der Waals surface area contributed by atoms with Crippen LogP contribution in [0.2, 0.25) is 0 Å². The van der Waals surface area contributed by atoms with Gasteiger partial charge in [0.25, 0.3) is 0 Å². The Morgan fingerprint density at radius 3 is 1.95 bits per heavy atom. The van der Waals surface area contributed by atoms with E-state index >= 15 is 0 Å². The van der Waals surface area contributed by atoms with Crippen LogP contribution in [0.1, 0.15) is 31.2 Å². The second-order valence-electron chi connectivity index (χ2n) is 4.71. The van der Waals surface area contributed by atoms with Crippen molar-refractivity contribution in [3.05, 3.63) is 29.8 Å². The lowest BCUT2D eigenvalue weighted by Crippen LogP contribution is -2.26. The van der Waals surface area contributed by atoms with Crippen LogP contribution in [0.15, 0.2) is 24.3 Å². The largest absolute Gasteiger partial charge is 0.497 e. The Balaban J connectivity index is 3.10. The molecular weight excluding hydrogens is 274 g/mol. The number of hydrogen-bond donors (Lipinski definition) is 2. The van der Waals surface area contributed by atoms with E-state index in [2.05, 4.69) is 6.07 Å². The van der Waals surface area contributed by atoms with E-state index in [0.29, 0.717) is 11.3 Å². The van der Waals surface area contributed by atoms with Crippen molar-refractivity contribution in [3.63, 3.8) is 0 Å². The molecule has 0 unspecified atom stereocenters. The van der Waals surface area contributed by atoms with Gasteiger partial charge in [-0.3, -0.25) is 9.59 Å². The van der Waals surface area contributed by atoms with Gasteiger partial charge in [0.1, 0.15) is 5.75 Å². The highest BCUT2D eigenvalue weighted by Gasteiger charge is 2.33. The third-order valence-electron chi connectivity index (χ3n) is 3.39. The molecule has 1 rings (SSSR count). The number of rotatable bonds is 8. The highest BCUT2D eigenvalue weighted by atomic mass is 16.5. The van der Waals surface area contributed by atoms with Crippen LogP contribution in [0.25, 0.3) is 0 Å². The van der Waals surface area contributed by atoms with Crippen LogP contribution >= 0.6 is 0 Å². The van der Waals surface area contributed by atoms with Crippen LogP contribution in [0, 0.1) is 11.3 Å². The third-order valence-corrected chi connectivity index (χ3v) is 3.39. The molecule has 0 aliphatic heterocycles. The number of methoxy groups -OCH3 is 1. The van der Waals surface area contributed by atoms with Crippen molar-refractivity contribution in [2.75, 3.05) is 7.11 Å². The number of carboxylic acid groups (broad SMARTS) is 2. The molecule has 0 bridgehead atoms. The highest BCUT2D eigenvalue weighted by Crippen LogP contribution is 2.34. The van der Waals surface area contributed by atoms with E-state index in [1.807, 2.05) is 0 Å². The molecule has 0 heterocycles. The average molecular weight is 291 g/mol. The second kappa shape index (κ2) is 7.29. The smallest absolute Gasteiger partial charge is 0.303 e. The van der Waals surface area contributed by atoms with E-state index in [1.165, 1.54) is 7.11 Å². The summed E-state index contributed by atoms with van der Waals surface area (Å²) in [6.07, 6.45) is -0.255. The summed E-state index contributed by atoms with van der Waals surface area (Å²) < 4.78 is 5.04. The molecule has 6 heteroatoms. The zero-order valence-corrected chi connectivity index (χ0v) is 11.7. The van der Waals surface area contributed by atoms with Crippen LogP contribution in [-0.4, -0.2) is 29.3 Å². The lowest BCUT2D eigenvalue weighted by Gasteiger charge is -2.26. The van der Waals surface area contributed by atoms with Gasteiger partial charge in [-0.1, -0.05) is 12.1 Å². The van der Waals surface area contributed by atoms with Crippen molar-refractivity contribution in [1.29, 1.82) is 5.26 Å². The molecule has 21 heavy (non-hydrogen) atoms. The van der Waals surface area contributed by atoms with Crippen LogP contribution in [0.3, 0.4) is 0 Å². The molecule has 1 aromatic rings. The average Bonchev–Trinajstić information content (AvgIpc) is 2.48. The number of aliphatic carboxylic acids is 2. The summed E-state index contributed by atoms with van der Waals surface area (Å²) >= 11 is 0. The zero-order valence-electron chi connectivity index (χ0n) is 11.7. The topological polar surface area (TPSA) is 108 Å². The van der Waals surface area contributed by atoms with Crippen molar-refractivity contribution < 1.29 is 24.5 Å². The Morgan fingerprint density at radius 2 is 1.62 bits per heavy atom. The fourth-order valence-electron chi connectivity index (χ4n) is 2.14. The predicted molar refractivity (Wildman–Crippen MR) is 74.0 cm³/mol. The van der Waals surface area contributed by atoms with Gasteiger partial charge < -0.3 is 14.9 Å². The quantitative estimate of drug-likeness (QED) is 0.760. The Bertz CT molecular complexity index is 526. The maximum absolute atomic E-state index is 10.8. The van der Waals surface area contributed by atoms with Crippen LogP contribution in [0.4, 0.5) is 0 Å². The number of carbonyl (C=O) groups is 2. The maximum Gasteiger partial charge on any atom is 0.303 e. The van der Waals surface area contributed by atoms with E-state index < -0.39 is 17.4 Å². The molecular formula is C15H17NO5. The summed E-state index contributed by atoms with van der Waals surface area (Å²) in [5, 5.41) is 27.2. The van der Waals surface area contributed by atoms with E-state index in [4.69, 9.17) is 14.9 Å². The van der Waals surface area contributed by atoms with Crippen molar-refractivity contribution >= 4 is 11.9 Å². The first-order chi connectivity index (χ1) is 9.93. The summed E-state index contributed by atoms with van der Waals surface area (Å²) in [7, 11) is 1.52. The maximum atomic E-state index is 10.8. The molecule has 0 radical (unpaired) electrons. The van der Waals surface area contributed by atoms with E-state index in [0.717, 1.165) is 0 Å². The molecule has 2 N–H and O–H groups in total. The molecule has 0 aliphatic carbocycles. The van der Waals surface area contributed by atoms with Gasteiger partial charge in [0.2, 0.25) is 0 Å². The van der Waals surface area contributed by atoms with Crippen LogP contribution in [0.5, 0.6) is 5.75 Å². The summed E-state index contributed by atoms with van der Waals surface area (Å²) in [5.74, 6) is -1.42. The Hall–Kier alpha value is -2.55. The van der Waals surface area contributed by atoms with Crippen molar-refractivity contribution in [2.24, 2.45) is 0 Å². The molecule has 0 aliphatic rings. The Morgan fingerprint density at radius 1 is 1.14 bits per heavy atom. The predicted octanol–water partition coefficient (Wildman–Crippen LogP) is 2.19.